The molecule has 36 heavy (non-hydrogen) atoms. The highest BCUT2D eigenvalue weighted by Gasteiger charge is 2.38. The number of rotatable bonds is 8. The van der Waals surface area contributed by atoms with Gasteiger partial charge in [0.1, 0.15) is 16.8 Å². The largest absolute Gasteiger partial charge is 0.455 e. The van der Waals surface area contributed by atoms with Gasteiger partial charge in [0.2, 0.25) is 11.8 Å². The normalized spacial score (nSPS) is 16.8. The molecular formula is C25H19Cl3N4O3S. The van der Waals surface area contributed by atoms with E-state index >= 15 is 0 Å². The molecular weight excluding hydrogens is 543 g/mol. The van der Waals surface area contributed by atoms with Crippen LogP contribution in [0.2, 0.25) is 15.1 Å². The summed E-state index contributed by atoms with van der Waals surface area (Å²) >= 11 is 19.1. The quantitative estimate of drug-likeness (QED) is 0.187. The lowest BCUT2D eigenvalue weighted by Crippen LogP contribution is -2.33. The van der Waals surface area contributed by atoms with Crippen molar-refractivity contribution in [1.29, 1.82) is 0 Å². The molecule has 1 atom stereocenters. The van der Waals surface area contributed by atoms with Crippen molar-refractivity contribution in [2.24, 2.45) is 10.2 Å². The van der Waals surface area contributed by atoms with Crippen LogP contribution in [0.3, 0.4) is 0 Å². The zero-order valence-electron chi connectivity index (χ0n) is 18.7. The summed E-state index contributed by atoms with van der Waals surface area (Å²) in [5, 5.41) is 12.2. The van der Waals surface area contributed by atoms with E-state index in [0.717, 1.165) is 5.56 Å². The standard InChI is InChI=1S/C25H19Cl3N4O3S/c1-2-11-32-24(34)22(13-23(33)30-17-6-4-16(26)5-7-17)36-25(32)31-29-14-18-8-10-21(35-18)15-3-9-19(27)20(28)12-15/h2-10,12,14,22H,1,11,13H2,(H,30,33)/b29-14+,31-25-. The third-order valence-electron chi connectivity index (χ3n) is 4.99. The topological polar surface area (TPSA) is 87.3 Å². The highest BCUT2D eigenvalue weighted by atomic mass is 35.5. The fraction of sp³-hybridized carbons (Fsp3) is 0.120. The first-order valence-electron chi connectivity index (χ1n) is 10.6. The number of benzene rings is 2. The van der Waals surface area contributed by atoms with Crippen molar-refractivity contribution in [3.8, 4) is 11.3 Å². The first kappa shape index (κ1) is 26.0. The highest BCUT2D eigenvalue weighted by molar-refractivity contribution is 8.15. The molecule has 0 radical (unpaired) electrons. The van der Waals surface area contributed by atoms with Crippen molar-refractivity contribution in [1.82, 2.24) is 4.90 Å². The van der Waals surface area contributed by atoms with Gasteiger partial charge >= 0.3 is 0 Å². The van der Waals surface area contributed by atoms with Crippen LogP contribution in [0.15, 0.2) is 81.9 Å². The monoisotopic (exact) mass is 560 g/mol. The number of furan rings is 1. The minimum atomic E-state index is -0.629. The number of amides is 2. The summed E-state index contributed by atoms with van der Waals surface area (Å²) in [5.74, 6) is 0.522. The van der Waals surface area contributed by atoms with Crippen molar-refractivity contribution >= 4 is 75.4 Å². The van der Waals surface area contributed by atoms with Crippen LogP contribution in [0.5, 0.6) is 0 Å². The lowest BCUT2D eigenvalue weighted by molar-refractivity contribution is -0.127. The first-order chi connectivity index (χ1) is 17.3. The van der Waals surface area contributed by atoms with E-state index in [1.54, 1.807) is 60.7 Å². The molecule has 11 heteroatoms. The molecule has 2 heterocycles. The molecule has 2 aromatic carbocycles. The summed E-state index contributed by atoms with van der Waals surface area (Å²) in [5.41, 5.74) is 1.36. The maximum Gasteiger partial charge on any atom is 0.243 e. The van der Waals surface area contributed by atoms with E-state index in [4.69, 9.17) is 39.2 Å². The molecule has 1 aromatic heterocycles. The molecule has 0 bridgehead atoms. The Kier molecular flexibility index (Phi) is 8.53. The van der Waals surface area contributed by atoms with E-state index in [1.165, 1.54) is 22.9 Å². The summed E-state index contributed by atoms with van der Waals surface area (Å²) < 4.78 is 5.78. The molecule has 7 nitrogen and oxygen atoms in total. The van der Waals surface area contributed by atoms with Gasteiger partial charge < -0.3 is 9.73 Å². The van der Waals surface area contributed by atoms with Crippen LogP contribution in [-0.4, -0.2) is 39.9 Å². The van der Waals surface area contributed by atoms with Crippen LogP contribution in [0.25, 0.3) is 11.3 Å². The minimum Gasteiger partial charge on any atom is -0.455 e. The number of hydrogen-bond acceptors (Lipinski definition) is 6. The third kappa shape index (κ3) is 6.39. The van der Waals surface area contributed by atoms with Crippen molar-refractivity contribution in [3.63, 3.8) is 0 Å². The van der Waals surface area contributed by atoms with Gasteiger partial charge in [-0.15, -0.1) is 11.7 Å². The molecule has 3 aromatic rings. The van der Waals surface area contributed by atoms with E-state index in [1.807, 2.05) is 0 Å². The van der Waals surface area contributed by atoms with E-state index in [2.05, 4.69) is 22.1 Å². The molecule has 4 rings (SSSR count). The lowest BCUT2D eigenvalue weighted by Gasteiger charge is -2.12. The van der Waals surface area contributed by atoms with Gasteiger partial charge in [-0.25, -0.2) is 0 Å². The molecule has 184 valence electrons. The molecule has 0 spiro atoms. The van der Waals surface area contributed by atoms with Crippen LogP contribution in [0.4, 0.5) is 5.69 Å². The Bertz CT molecular complexity index is 1350. The van der Waals surface area contributed by atoms with Crippen molar-refractivity contribution < 1.29 is 14.0 Å². The minimum absolute atomic E-state index is 0.0201. The molecule has 1 aliphatic rings. The number of amidine groups is 1. The lowest BCUT2D eigenvalue weighted by atomic mass is 10.2. The molecule has 1 fully saturated rings. The van der Waals surface area contributed by atoms with Crippen molar-refractivity contribution in [2.45, 2.75) is 11.7 Å². The Morgan fingerprint density at radius 3 is 2.61 bits per heavy atom. The summed E-state index contributed by atoms with van der Waals surface area (Å²) in [4.78, 5) is 26.8. The molecule has 1 N–H and O–H groups in total. The number of hydrogen-bond donors (Lipinski definition) is 1. The molecule has 2 amide bonds. The van der Waals surface area contributed by atoms with Gasteiger partial charge in [0.05, 0.1) is 16.3 Å². The molecule has 1 saturated heterocycles. The van der Waals surface area contributed by atoms with Crippen LogP contribution in [0.1, 0.15) is 12.2 Å². The second-order valence-corrected chi connectivity index (χ2v) is 9.98. The first-order valence-corrected chi connectivity index (χ1v) is 12.7. The molecule has 1 aliphatic heterocycles. The van der Waals surface area contributed by atoms with E-state index in [0.29, 0.717) is 37.4 Å². The predicted molar refractivity (Wildman–Crippen MR) is 147 cm³/mol. The van der Waals surface area contributed by atoms with Crippen LogP contribution in [-0.2, 0) is 9.59 Å². The number of nitrogens with one attached hydrogen (secondary N) is 1. The molecule has 0 aliphatic carbocycles. The third-order valence-corrected chi connectivity index (χ3v) is 7.15. The zero-order valence-corrected chi connectivity index (χ0v) is 21.7. The SMILES string of the molecule is C=CCN1C(=O)C(CC(=O)Nc2ccc(Cl)cc2)S/C1=N\N=C\c1ccc(-c2ccc(Cl)c(Cl)c2)o1. The van der Waals surface area contributed by atoms with Crippen molar-refractivity contribution in [2.75, 3.05) is 11.9 Å². The summed E-state index contributed by atoms with van der Waals surface area (Å²) in [7, 11) is 0. The maximum atomic E-state index is 12.9. The summed E-state index contributed by atoms with van der Waals surface area (Å²) in [6, 6.07) is 15.4. The number of nitrogens with zero attached hydrogens (tertiary/aromatic N) is 3. The Morgan fingerprint density at radius 2 is 1.89 bits per heavy atom. The predicted octanol–water partition coefficient (Wildman–Crippen LogP) is 6.76. The van der Waals surface area contributed by atoms with E-state index < -0.39 is 5.25 Å². The fourth-order valence-corrected chi connectivity index (χ4v) is 4.82. The van der Waals surface area contributed by atoms with E-state index in [9.17, 15) is 9.59 Å². The number of carbonyl (C=O) groups is 2. The average Bonchev–Trinajstić information content (AvgIpc) is 3.43. The Labute approximate surface area is 226 Å². The van der Waals surface area contributed by atoms with Crippen molar-refractivity contribution in [3.05, 3.63) is 88.1 Å². The number of anilines is 1. The van der Waals surface area contributed by atoms with Gasteiger partial charge in [0, 0.05) is 29.2 Å². The smallest absolute Gasteiger partial charge is 0.243 e. The summed E-state index contributed by atoms with van der Waals surface area (Å²) in [6.07, 6.45) is 3.00. The fourth-order valence-electron chi connectivity index (χ4n) is 3.29. The van der Waals surface area contributed by atoms with Gasteiger partial charge in [-0.2, -0.15) is 5.10 Å². The number of thioether (sulfide) groups is 1. The summed E-state index contributed by atoms with van der Waals surface area (Å²) in [6.45, 7) is 3.94. The average molecular weight is 562 g/mol. The van der Waals surface area contributed by atoms with Gasteiger partial charge in [-0.05, 0) is 54.6 Å². The van der Waals surface area contributed by atoms with Crippen LogP contribution in [0, 0.1) is 0 Å². The van der Waals surface area contributed by atoms with E-state index in [-0.39, 0.29) is 24.8 Å². The van der Waals surface area contributed by atoms with Gasteiger partial charge in [0.25, 0.3) is 0 Å². The number of halogens is 3. The Hall–Kier alpha value is -3.04. The second-order valence-electron chi connectivity index (χ2n) is 7.56. The van der Waals surface area contributed by atoms with Crippen LogP contribution >= 0.6 is 46.6 Å². The number of carbonyl (C=O) groups excluding carboxylic acids is 2. The Balaban J connectivity index is 1.43. The molecule has 0 saturated carbocycles. The molecule has 1 unspecified atom stereocenters. The van der Waals surface area contributed by atoms with Gasteiger partial charge in [-0.3, -0.25) is 14.5 Å². The van der Waals surface area contributed by atoms with Gasteiger partial charge in [-0.1, -0.05) is 52.6 Å². The van der Waals surface area contributed by atoms with Gasteiger partial charge in [0.15, 0.2) is 5.17 Å². The van der Waals surface area contributed by atoms with Crippen LogP contribution < -0.4 is 5.32 Å². The highest BCUT2D eigenvalue weighted by Crippen LogP contribution is 2.31. The second kappa shape index (κ2) is 11.8. The Morgan fingerprint density at radius 1 is 1.11 bits per heavy atom. The maximum absolute atomic E-state index is 12.9. The zero-order chi connectivity index (χ0) is 25.7.